The fraction of sp³-hybridized carbons (Fsp3) is 0.400. The third-order valence-corrected chi connectivity index (χ3v) is 4.01. The van der Waals surface area contributed by atoms with Crippen LogP contribution in [0.4, 0.5) is 11.4 Å². The van der Waals surface area contributed by atoms with Crippen molar-refractivity contribution in [1.82, 2.24) is 4.98 Å². The Kier molecular flexibility index (Phi) is 3.72. The number of nitrogens with two attached hydrogens (primary N) is 1. The van der Waals surface area contributed by atoms with E-state index in [2.05, 4.69) is 60.0 Å². The number of nitrogen functional groups attached to an aromatic ring is 1. The summed E-state index contributed by atoms with van der Waals surface area (Å²) in [7, 11) is 0. The van der Waals surface area contributed by atoms with Crippen LogP contribution in [0.5, 0.6) is 0 Å². The Balaban J connectivity index is 2.52. The highest BCUT2D eigenvalue weighted by molar-refractivity contribution is 9.10. The summed E-state index contributed by atoms with van der Waals surface area (Å²) in [6.45, 7) is 8.80. The molecule has 102 valence electrons. The largest absolute Gasteiger partial charge is 0.396 e. The van der Waals surface area contributed by atoms with Gasteiger partial charge in [0.25, 0.3) is 0 Å². The van der Waals surface area contributed by atoms with Crippen LogP contribution >= 0.6 is 15.9 Å². The van der Waals surface area contributed by atoms with Gasteiger partial charge in [0.1, 0.15) is 0 Å². The van der Waals surface area contributed by atoms with Gasteiger partial charge in [0, 0.05) is 15.9 Å². The van der Waals surface area contributed by atoms with Crippen LogP contribution in [0.1, 0.15) is 27.7 Å². The summed E-state index contributed by atoms with van der Waals surface area (Å²) in [6.07, 6.45) is 1.72. The van der Waals surface area contributed by atoms with Gasteiger partial charge in [-0.25, -0.2) is 0 Å². The van der Waals surface area contributed by atoms with Gasteiger partial charge < -0.3 is 11.1 Å². The number of aromatic nitrogens is 1. The molecule has 2 rings (SSSR count). The van der Waals surface area contributed by atoms with Crippen LogP contribution in [0.15, 0.2) is 28.9 Å². The second-order valence-corrected chi connectivity index (χ2v) is 6.90. The quantitative estimate of drug-likeness (QED) is 0.860. The van der Waals surface area contributed by atoms with E-state index in [-0.39, 0.29) is 5.41 Å². The average molecular weight is 322 g/mol. The zero-order valence-electron chi connectivity index (χ0n) is 11.8. The maximum Gasteiger partial charge on any atom is 0.0743 e. The molecule has 0 bridgehead atoms. The highest BCUT2D eigenvalue weighted by atomic mass is 79.9. The first-order chi connectivity index (χ1) is 8.79. The first kappa shape index (κ1) is 14.1. The minimum atomic E-state index is 0.161. The predicted molar refractivity (Wildman–Crippen MR) is 86.4 cm³/mol. The number of benzene rings is 1. The van der Waals surface area contributed by atoms with E-state index in [1.165, 1.54) is 0 Å². The molecule has 0 saturated carbocycles. The lowest BCUT2D eigenvalue weighted by Gasteiger charge is -2.30. The molecule has 1 atom stereocenters. The number of anilines is 2. The lowest BCUT2D eigenvalue weighted by Crippen LogP contribution is -2.31. The molecule has 0 aliphatic rings. The summed E-state index contributed by atoms with van der Waals surface area (Å²) in [4.78, 5) is 4.37. The Labute approximate surface area is 122 Å². The Hall–Kier alpha value is -1.29. The minimum Gasteiger partial charge on any atom is -0.396 e. The third kappa shape index (κ3) is 3.00. The van der Waals surface area contributed by atoms with Gasteiger partial charge in [0.2, 0.25) is 0 Å². The highest BCUT2D eigenvalue weighted by Gasteiger charge is 2.21. The number of hydrogen-bond acceptors (Lipinski definition) is 3. The molecule has 0 radical (unpaired) electrons. The van der Waals surface area contributed by atoms with E-state index in [9.17, 15) is 0 Å². The van der Waals surface area contributed by atoms with Gasteiger partial charge in [-0.05, 0) is 30.5 Å². The molecule has 2 aromatic rings. The van der Waals surface area contributed by atoms with Crippen LogP contribution in [-0.4, -0.2) is 11.0 Å². The normalized spacial score (nSPS) is 13.5. The highest BCUT2D eigenvalue weighted by Crippen LogP contribution is 2.32. The molecular formula is C15H20BrN3. The zero-order valence-corrected chi connectivity index (χ0v) is 13.4. The van der Waals surface area contributed by atoms with Crippen molar-refractivity contribution in [2.75, 3.05) is 11.1 Å². The van der Waals surface area contributed by atoms with E-state index in [0.717, 1.165) is 21.1 Å². The molecule has 0 amide bonds. The molecule has 0 aliphatic carbocycles. The maximum atomic E-state index is 6.09. The molecule has 3 nitrogen and oxygen atoms in total. The van der Waals surface area contributed by atoms with Crippen molar-refractivity contribution in [3.63, 3.8) is 0 Å². The van der Waals surface area contributed by atoms with Crippen molar-refractivity contribution in [1.29, 1.82) is 0 Å². The van der Waals surface area contributed by atoms with Crippen molar-refractivity contribution < 1.29 is 0 Å². The number of hydrogen-bond donors (Lipinski definition) is 2. The average Bonchev–Trinajstić information content (AvgIpc) is 2.31. The van der Waals surface area contributed by atoms with E-state index >= 15 is 0 Å². The Morgan fingerprint density at radius 3 is 2.63 bits per heavy atom. The van der Waals surface area contributed by atoms with Crippen LogP contribution in [-0.2, 0) is 0 Å². The number of nitrogens with one attached hydrogen (secondary N) is 1. The second kappa shape index (κ2) is 5.00. The topological polar surface area (TPSA) is 50.9 Å². The first-order valence-electron chi connectivity index (χ1n) is 6.39. The summed E-state index contributed by atoms with van der Waals surface area (Å²) < 4.78 is 1.03. The van der Waals surface area contributed by atoms with Gasteiger partial charge in [-0.15, -0.1) is 0 Å². The van der Waals surface area contributed by atoms with Crippen LogP contribution in [0.2, 0.25) is 0 Å². The van der Waals surface area contributed by atoms with Crippen molar-refractivity contribution in [3.05, 3.63) is 28.9 Å². The lowest BCUT2D eigenvalue weighted by atomic mass is 9.88. The number of pyridine rings is 1. The maximum absolute atomic E-state index is 6.09. The molecule has 0 aliphatic heterocycles. The first-order valence-corrected chi connectivity index (χ1v) is 7.18. The predicted octanol–water partition coefficient (Wildman–Crippen LogP) is 4.43. The Morgan fingerprint density at radius 2 is 2.00 bits per heavy atom. The fourth-order valence-electron chi connectivity index (χ4n) is 1.77. The molecule has 0 spiro atoms. The van der Waals surface area contributed by atoms with Crippen LogP contribution in [0.3, 0.4) is 0 Å². The lowest BCUT2D eigenvalue weighted by molar-refractivity contribution is 0.359. The van der Waals surface area contributed by atoms with E-state index < -0.39 is 0 Å². The number of rotatable bonds is 2. The second-order valence-electron chi connectivity index (χ2n) is 5.98. The third-order valence-electron chi connectivity index (χ3n) is 3.52. The molecule has 19 heavy (non-hydrogen) atoms. The zero-order chi connectivity index (χ0) is 14.2. The van der Waals surface area contributed by atoms with Crippen LogP contribution in [0, 0.1) is 5.41 Å². The number of halogens is 1. The van der Waals surface area contributed by atoms with Crippen molar-refractivity contribution in [2.24, 2.45) is 5.41 Å². The Morgan fingerprint density at radius 1 is 1.32 bits per heavy atom. The van der Waals surface area contributed by atoms with E-state index in [4.69, 9.17) is 5.73 Å². The summed E-state index contributed by atoms with van der Waals surface area (Å²) >= 11 is 3.50. The molecule has 0 fully saturated rings. The standard InChI is InChI=1S/C15H20BrN3/c1-9(15(2,3)4)19-14-11-7-10(16)5-6-13(11)18-8-12(14)17/h5-9H,17H2,1-4H3,(H,18,19). The van der Waals surface area contributed by atoms with Gasteiger partial charge in [0.15, 0.2) is 0 Å². The van der Waals surface area contributed by atoms with E-state index in [1.54, 1.807) is 6.20 Å². The summed E-state index contributed by atoms with van der Waals surface area (Å²) in [5, 5.41) is 4.58. The van der Waals surface area contributed by atoms with Crippen LogP contribution in [0.25, 0.3) is 10.9 Å². The Bertz CT molecular complexity index is 597. The summed E-state index contributed by atoms with van der Waals surface area (Å²) in [6, 6.07) is 6.34. The van der Waals surface area contributed by atoms with Gasteiger partial charge in [0.05, 0.1) is 23.1 Å². The molecule has 1 heterocycles. The SMILES string of the molecule is CC(Nc1c(N)cnc2ccc(Br)cc12)C(C)(C)C. The summed E-state index contributed by atoms with van der Waals surface area (Å²) in [5.41, 5.74) is 8.84. The minimum absolute atomic E-state index is 0.161. The van der Waals surface area contributed by atoms with Crippen molar-refractivity contribution in [3.8, 4) is 0 Å². The summed E-state index contributed by atoms with van der Waals surface area (Å²) in [5.74, 6) is 0. The fourth-order valence-corrected chi connectivity index (χ4v) is 2.14. The van der Waals surface area contributed by atoms with Crippen molar-refractivity contribution in [2.45, 2.75) is 33.7 Å². The smallest absolute Gasteiger partial charge is 0.0743 e. The van der Waals surface area contributed by atoms with Gasteiger partial charge in [-0.1, -0.05) is 36.7 Å². The number of nitrogens with zero attached hydrogens (tertiary/aromatic N) is 1. The molecule has 1 unspecified atom stereocenters. The molecule has 3 N–H and O–H groups in total. The van der Waals surface area contributed by atoms with E-state index in [1.807, 2.05) is 12.1 Å². The van der Waals surface area contributed by atoms with Gasteiger partial charge >= 0.3 is 0 Å². The molecular weight excluding hydrogens is 302 g/mol. The molecule has 0 saturated heterocycles. The molecule has 1 aromatic heterocycles. The van der Waals surface area contributed by atoms with Crippen molar-refractivity contribution >= 4 is 38.2 Å². The van der Waals surface area contributed by atoms with Crippen LogP contribution < -0.4 is 11.1 Å². The van der Waals surface area contributed by atoms with Gasteiger partial charge in [-0.3, -0.25) is 4.98 Å². The molecule has 4 heteroatoms. The molecule has 1 aromatic carbocycles. The monoisotopic (exact) mass is 321 g/mol. The van der Waals surface area contributed by atoms with Gasteiger partial charge in [-0.2, -0.15) is 0 Å². The van der Waals surface area contributed by atoms with E-state index in [0.29, 0.717) is 11.7 Å². The number of fused-ring (bicyclic) bond motifs is 1.